The van der Waals surface area contributed by atoms with Gasteiger partial charge in [0.2, 0.25) is 0 Å². The van der Waals surface area contributed by atoms with Crippen LogP contribution in [0.15, 0.2) is 16.5 Å². The Hall–Kier alpha value is -1.63. The highest BCUT2D eigenvalue weighted by Crippen LogP contribution is 2.19. The fourth-order valence-corrected chi connectivity index (χ4v) is 3.17. The molecule has 2 amide bonds. The van der Waals surface area contributed by atoms with Crippen molar-refractivity contribution < 1.29 is 19.1 Å². The number of thioether (sulfide) groups is 1. The molecule has 1 atom stereocenters. The molecule has 0 radical (unpaired) electrons. The van der Waals surface area contributed by atoms with Gasteiger partial charge in [-0.25, -0.2) is 9.59 Å². The van der Waals surface area contributed by atoms with Crippen LogP contribution in [-0.4, -0.2) is 58.0 Å². The molecule has 110 valence electrons. The second-order valence-corrected chi connectivity index (χ2v) is 5.92. The van der Waals surface area contributed by atoms with Crippen LogP contribution in [0.3, 0.4) is 0 Å². The van der Waals surface area contributed by atoms with Crippen molar-refractivity contribution in [1.82, 2.24) is 9.80 Å². The van der Waals surface area contributed by atoms with E-state index in [1.807, 2.05) is 19.1 Å². The molecule has 6 nitrogen and oxygen atoms in total. The maximum absolute atomic E-state index is 12.4. The number of rotatable bonds is 3. The Kier molecular flexibility index (Phi) is 4.59. The van der Waals surface area contributed by atoms with Gasteiger partial charge in [0.1, 0.15) is 17.6 Å². The van der Waals surface area contributed by atoms with E-state index in [2.05, 4.69) is 0 Å². The number of hydrogen-bond acceptors (Lipinski definition) is 4. The molecule has 0 spiro atoms. The van der Waals surface area contributed by atoms with Crippen LogP contribution in [0.25, 0.3) is 0 Å². The van der Waals surface area contributed by atoms with Crippen LogP contribution in [0.4, 0.5) is 4.79 Å². The van der Waals surface area contributed by atoms with Crippen molar-refractivity contribution in [3.8, 4) is 0 Å². The Labute approximate surface area is 121 Å². The molecule has 1 unspecified atom stereocenters. The van der Waals surface area contributed by atoms with Gasteiger partial charge in [-0.1, -0.05) is 0 Å². The summed E-state index contributed by atoms with van der Waals surface area (Å²) in [5.41, 5.74) is 0. The van der Waals surface area contributed by atoms with Crippen LogP contribution >= 0.6 is 11.8 Å². The standard InChI is InChI=1S/C13H18N2O4S/c1-9-3-4-10(19-9)7-14(2)13(18)15-5-6-20-8-11(15)12(16)17/h3-4,11H,5-8H2,1-2H3,(H,16,17). The number of hydrogen-bond donors (Lipinski definition) is 1. The van der Waals surface area contributed by atoms with Crippen LogP contribution in [0.2, 0.25) is 0 Å². The molecular formula is C13H18N2O4S. The topological polar surface area (TPSA) is 74.0 Å². The molecule has 1 saturated heterocycles. The number of furan rings is 1. The lowest BCUT2D eigenvalue weighted by atomic mass is 10.3. The molecule has 1 aromatic heterocycles. The number of aryl methyl sites for hydroxylation is 1. The minimum absolute atomic E-state index is 0.272. The zero-order valence-corrected chi connectivity index (χ0v) is 12.4. The number of nitrogens with zero attached hydrogens (tertiary/aromatic N) is 2. The Morgan fingerprint density at radius 3 is 2.90 bits per heavy atom. The van der Waals surface area contributed by atoms with Gasteiger partial charge in [-0.05, 0) is 19.1 Å². The monoisotopic (exact) mass is 298 g/mol. The van der Waals surface area contributed by atoms with E-state index in [1.165, 1.54) is 9.80 Å². The molecule has 20 heavy (non-hydrogen) atoms. The molecule has 1 aliphatic rings. The van der Waals surface area contributed by atoms with E-state index in [0.29, 0.717) is 24.6 Å². The van der Waals surface area contributed by atoms with E-state index in [4.69, 9.17) is 4.42 Å². The fraction of sp³-hybridized carbons (Fsp3) is 0.538. The van der Waals surface area contributed by atoms with Gasteiger partial charge in [0, 0.05) is 25.1 Å². The van der Waals surface area contributed by atoms with E-state index in [1.54, 1.807) is 18.8 Å². The zero-order chi connectivity index (χ0) is 14.7. The number of urea groups is 1. The van der Waals surface area contributed by atoms with Crippen LogP contribution in [-0.2, 0) is 11.3 Å². The van der Waals surface area contributed by atoms with E-state index >= 15 is 0 Å². The highest BCUT2D eigenvalue weighted by atomic mass is 32.2. The minimum atomic E-state index is -0.951. The second-order valence-electron chi connectivity index (χ2n) is 4.77. The van der Waals surface area contributed by atoms with Gasteiger partial charge in [0.15, 0.2) is 0 Å². The summed E-state index contributed by atoms with van der Waals surface area (Å²) in [4.78, 5) is 26.5. The quantitative estimate of drug-likeness (QED) is 0.918. The van der Waals surface area contributed by atoms with Crippen LogP contribution in [0, 0.1) is 6.92 Å². The van der Waals surface area contributed by atoms with Gasteiger partial charge >= 0.3 is 12.0 Å². The van der Waals surface area contributed by atoms with Crippen molar-refractivity contribution in [3.63, 3.8) is 0 Å². The average Bonchev–Trinajstić information content (AvgIpc) is 2.83. The Morgan fingerprint density at radius 1 is 1.55 bits per heavy atom. The highest BCUT2D eigenvalue weighted by molar-refractivity contribution is 7.99. The molecule has 2 rings (SSSR count). The van der Waals surface area contributed by atoms with Crippen LogP contribution in [0.1, 0.15) is 11.5 Å². The Morgan fingerprint density at radius 2 is 2.30 bits per heavy atom. The lowest BCUT2D eigenvalue weighted by molar-refractivity contribution is -0.141. The first kappa shape index (κ1) is 14.8. The third-order valence-electron chi connectivity index (χ3n) is 3.17. The van der Waals surface area contributed by atoms with Gasteiger partial charge in [-0.3, -0.25) is 0 Å². The van der Waals surface area contributed by atoms with Gasteiger partial charge < -0.3 is 19.3 Å². The third-order valence-corrected chi connectivity index (χ3v) is 4.20. The Bertz CT molecular complexity index is 502. The van der Waals surface area contributed by atoms with E-state index in [9.17, 15) is 14.7 Å². The number of carbonyl (C=O) groups is 2. The van der Waals surface area contributed by atoms with Gasteiger partial charge in [-0.2, -0.15) is 11.8 Å². The molecule has 1 N–H and O–H groups in total. The molecule has 0 aliphatic carbocycles. The van der Waals surface area contributed by atoms with Gasteiger partial charge in [0.05, 0.1) is 6.54 Å². The first-order chi connectivity index (χ1) is 9.49. The summed E-state index contributed by atoms with van der Waals surface area (Å²) >= 11 is 1.56. The summed E-state index contributed by atoms with van der Waals surface area (Å²) in [6, 6.07) is 2.64. The minimum Gasteiger partial charge on any atom is -0.480 e. The van der Waals surface area contributed by atoms with E-state index in [0.717, 1.165) is 11.5 Å². The largest absolute Gasteiger partial charge is 0.480 e. The number of carboxylic acid groups (broad SMARTS) is 1. The van der Waals surface area contributed by atoms with Crippen molar-refractivity contribution in [1.29, 1.82) is 0 Å². The van der Waals surface area contributed by atoms with Crippen molar-refractivity contribution in [3.05, 3.63) is 23.7 Å². The highest BCUT2D eigenvalue weighted by Gasteiger charge is 2.33. The zero-order valence-electron chi connectivity index (χ0n) is 11.5. The lowest BCUT2D eigenvalue weighted by Gasteiger charge is -2.35. The summed E-state index contributed by atoms with van der Waals surface area (Å²) in [6.45, 7) is 2.64. The predicted molar refractivity (Wildman–Crippen MR) is 75.8 cm³/mol. The van der Waals surface area contributed by atoms with E-state index < -0.39 is 12.0 Å². The normalized spacial score (nSPS) is 18.9. The first-order valence-corrected chi connectivity index (χ1v) is 7.52. The van der Waals surface area contributed by atoms with Crippen molar-refractivity contribution in [2.75, 3.05) is 25.1 Å². The van der Waals surface area contributed by atoms with E-state index in [-0.39, 0.29) is 6.03 Å². The molecule has 0 aromatic carbocycles. The number of amides is 2. The first-order valence-electron chi connectivity index (χ1n) is 6.36. The average molecular weight is 298 g/mol. The molecule has 1 aliphatic heterocycles. The SMILES string of the molecule is Cc1ccc(CN(C)C(=O)N2CCSCC2C(=O)O)o1. The third kappa shape index (κ3) is 3.27. The smallest absolute Gasteiger partial charge is 0.327 e. The molecule has 0 saturated carbocycles. The molecule has 1 fully saturated rings. The van der Waals surface area contributed by atoms with Crippen molar-refractivity contribution in [2.45, 2.75) is 19.5 Å². The van der Waals surface area contributed by atoms with Crippen molar-refractivity contribution in [2.24, 2.45) is 0 Å². The van der Waals surface area contributed by atoms with Crippen LogP contribution < -0.4 is 0 Å². The maximum atomic E-state index is 12.4. The maximum Gasteiger partial charge on any atom is 0.327 e. The molecule has 1 aromatic rings. The summed E-state index contributed by atoms with van der Waals surface area (Å²) < 4.78 is 5.43. The van der Waals surface area contributed by atoms with Crippen molar-refractivity contribution >= 4 is 23.8 Å². The number of aliphatic carboxylic acids is 1. The Balaban J connectivity index is 2.02. The summed E-state index contributed by atoms with van der Waals surface area (Å²) in [7, 11) is 1.65. The number of carbonyl (C=O) groups excluding carboxylic acids is 1. The lowest BCUT2D eigenvalue weighted by Crippen LogP contribution is -2.53. The molecule has 7 heteroatoms. The van der Waals surface area contributed by atoms with Gasteiger partial charge in [0.25, 0.3) is 0 Å². The number of carboxylic acids is 1. The van der Waals surface area contributed by atoms with Gasteiger partial charge in [-0.15, -0.1) is 0 Å². The second kappa shape index (κ2) is 6.21. The van der Waals surface area contributed by atoms with Crippen LogP contribution in [0.5, 0.6) is 0 Å². The summed E-state index contributed by atoms with van der Waals surface area (Å²) in [5, 5.41) is 9.19. The fourth-order valence-electron chi connectivity index (χ4n) is 2.13. The summed E-state index contributed by atoms with van der Waals surface area (Å²) in [5.74, 6) is 1.74. The molecule has 0 bridgehead atoms. The summed E-state index contributed by atoms with van der Waals surface area (Å²) in [6.07, 6.45) is 0. The molecular weight excluding hydrogens is 280 g/mol. The molecule has 2 heterocycles. The predicted octanol–water partition coefficient (Wildman–Crippen LogP) is 1.64.